The van der Waals surface area contributed by atoms with Gasteiger partial charge in [-0.05, 0) is 13.3 Å². The molecule has 0 amide bonds. The van der Waals surface area contributed by atoms with Crippen molar-refractivity contribution in [2.75, 3.05) is 0 Å². The minimum atomic E-state index is -1.53. The summed E-state index contributed by atoms with van der Waals surface area (Å²) in [5.74, 6) is -1.37. The van der Waals surface area contributed by atoms with Crippen molar-refractivity contribution < 1.29 is 14.0 Å². The molecule has 0 heterocycles. The SMILES string of the molecule is CCCC(=O)C(C)C(=O)F. The highest BCUT2D eigenvalue weighted by Crippen LogP contribution is 2.04. The zero-order valence-corrected chi connectivity index (χ0v) is 6.19. The van der Waals surface area contributed by atoms with Crippen LogP contribution in [0.3, 0.4) is 0 Å². The van der Waals surface area contributed by atoms with Crippen LogP contribution >= 0.6 is 0 Å². The summed E-state index contributed by atoms with van der Waals surface area (Å²) >= 11 is 0. The first-order chi connectivity index (χ1) is 4.59. The van der Waals surface area contributed by atoms with E-state index in [0.29, 0.717) is 6.42 Å². The van der Waals surface area contributed by atoms with Crippen molar-refractivity contribution in [1.82, 2.24) is 0 Å². The van der Waals surface area contributed by atoms with E-state index in [9.17, 15) is 14.0 Å². The molecule has 0 bridgehead atoms. The molecule has 1 atom stereocenters. The topological polar surface area (TPSA) is 34.1 Å². The largest absolute Gasteiger partial charge is 0.311 e. The quantitative estimate of drug-likeness (QED) is 0.444. The van der Waals surface area contributed by atoms with Crippen molar-refractivity contribution >= 4 is 11.8 Å². The molecule has 10 heavy (non-hydrogen) atoms. The lowest BCUT2D eigenvalue weighted by molar-refractivity contribution is -0.139. The lowest BCUT2D eigenvalue weighted by Crippen LogP contribution is -2.16. The van der Waals surface area contributed by atoms with Crippen LogP contribution in [0.4, 0.5) is 4.39 Å². The Hall–Kier alpha value is -0.730. The van der Waals surface area contributed by atoms with Crippen molar-refractivity contribution in [2.45, 2.75) is 26.7 Å². The average Bonchev–Trinajstić information content (AvgIpc) is 1.87. The van der Waals surface area contributed by atoms with Gasteiger partial charge in [-0.3, -0.25) is 9.59 Å². The van der Waals surface area contributed by atoms with Crippen LogP contribution in [-0.2, 0) is 9.59 Å². The molecular formula is C7H11FO2. The van der Waals surface area contributed by atoms with E-state index in [1.807, 2.05) is 6.92 Å². The Bertz CT molecular complexity index is 143. The predicted octanol–water partition coefficient (Wildman–Crippen LogP) is 1.49. The van der Waals surface area contributed by atoms with Gasteiger partial charge in [0.1, 0.15) is 11.7 Å². The minimum absolute atomic E-state index is 0.289. The number of hydrogen-bond donors (Lipinski definition) is 0. The third kappa shape index (κ3) is 2.71. The molecule has 0 radical (unpaired) electrons. The smallest absolute Gasteiger partial charge is 0.299 e. The monoisotopic (exact) mass is 146 g/mol. The number of halogens is 1. The summed E-state index contributed by atoms with van der Waals surface area (Å²) in [5, 5.41) is 0. The predicted molar refractivity (Wildman–Crippen MR) is 35.2 cm³/mol. The summed E-state index contributed by atoms with van der Waals surface area (Å²) in [6.07, 6.45) is 0.952. The molecule has 0 aliphatic heterocycles. The lowest BCUT2D eigenvalue weighted by Gasteiger charge is -2.00. The van der Waals surface area contributed by atoms with Gasteiger partial charge in [0.25, 0.3) is 0 Å². The fourth-order valence-corrected chi connectivity index (χ4v) is 0.589. The zero-order chi connectivity index (χ0) is 8.15. The molecule has 2 nitrogen and oxygen atoms in total. The van der Waals surface area contributed by atoms with E-state index in [1.165, 1.54) is 6.92 Å². The molecule has 0 aromatic rings. The summed E-state index contributed by atoms with van der Waals surface area (Å²) in [6, 6.07) is -1.53. The van der Waals surface area contributed by atoms with Crippen LogP contribution in [-0.4, -0.2) is 11.8 Å². The van der Waals surface area contributed by atoms with Crippen molar-refractivity contribution in [3.8, 4) is 0 Å². The van der Waals surface area contributed by atoms with Crippen LogP contribution in [0.15, 0.2) is 0 Å². The van der Waals surface area contributed by atoms with Gasteiger partial charge in [-0.2, -0.15) is 4.39 Å². The molecule has 0 rings (SSSR count). The molecule has 0 N–H and O–H groups in total. The van der Waals surface area contributed by atoms with Crippen LogP contribution in [0.2, 0.25) is 0 Å². The molecule has 0 fully saturated rings. The molecule has 3 heteroatoms. The molecule has 0 saturated heterocycles. The van der Waals surface area contributed by atoms with E-state index >= 15 is 0 Å². The van der Waals surface area contributed by atoms with E-state index in [1.54, 1.807) is 0 Å². The van der Waals surface area contributed by atoms with Crippen LogP contribution in [0.25, 0.3) is 0 Å². The van der Waals surface area contributed by atoms with E-state index in [-0.39, 0.29) is 12.2 Å². The van der Waals surface area contributed by atoms with Gasteiger partial charge in [0, 0.05) is 6.42 Å². The van der Waals surface area contributed by atoms with E-state index in [2.05, 4.69) is 0 Å². The van der Waals surface area contributed by atoms with Crippen LogP contribution in [0, 0.1) is 5.92 Å². The molecular weight excluding hydrogens is 135 g/mol. The maximum Gasteiger partial charge on any atom is 0.311 e. The summed E-state index contributed by atoms with van der Waals surface area (Å²) in [4.78, 5) is 20.7. The third-order valence-electron chi connectivity index (χ3n) is 1.32. The average molecular weight is 146 g/mol. The molecule has 0 aliphatic carbocycles. The lowest BCUT2D eigenvalue weighted by atomic mass is 10.0. The maximum atomic E-state index is 11.8. The fourth-order valence-electron chi connectivity index (χ4n) is 0.589. The Balaban J connectivity index is 3.82. The summed E-state index contributed by atoms with van der Waals surface area (Å²) in [5.41, 5.74) is 0. The van der Waals surface area contributed by atoms with E-state index < -0.39 is 12.0 Å². The molecule has 1 unspecified atom stereocenters. The second-order valence-corrected chi connectivity index (χ2v) is 2.24. The van der Waals surface area contributed by atoms with Crippen molar-refractivity contribution in [3.63, 3.8) is 0 Å². The van der Waals surface area contributed by atoms with E-state index in [0.717, 1.165) is 0 Å². The van der Waals surface area contributed by atoms with Crippen LogP contribution < -0.4 is 0 Å². The summed E-state index contributed by atoms with van der Waals surface area (Å²) < 4.78 is 11.8. The first-order valence-electron chi connectivity index (χ1n) is 3.31. The molecule has 0 spiro atoms. The number of carbonyl (C=O) groups is 2. The number of ketones is 1. The highest BCUT2D eigenvalue weighted by molar-refractivity contribution is 5.97. The van der Waals surface area contributed by atoms with Crippen molar-refractivity contribution in [2.24, 2.45) is 5.92 Å². The maximum absolute atomic E-state index is 11.8. The van der Waals surface area contributed by atoms with Crippen LogP contribution in [0.1, 0.15) is 26.7 Å². The van der Waals surface area contributed by atoms with Crippen LogP contribution in [0.5, 0.6) is 0 Å². The first kappa shape index (κ1) is 9.27. The third-order valence-corrected chi connectivity index (χ3v) is 1.32. The zero-order valence-electron chi connectivity index (χ0n) is 6.19. The molecule has 0 saturated carbocycles. The van der Waals surface area contributed by atoms with Gasteiger partial charge < -0.3 is 0 Å². The van der Waals surface area contributed by atoms with Gasteiger partial charge >= 0.3 is 6.04 Å². The van der Waals surface area contributed by atoms with Gasteiger partial charge in [0.05, 0.1) is 0 Å². The standard InChI is InChI=1S/C7H11FO2/c1-3-4-6(9)5(2)7(8)10/h5H,3-4H2,1-2H3. The minimum Gasteiger partial charge on any atom is -0.299 e. The number of hydrogen-bond acceptors (Lipinski definition) is 2. The normalized spacial score (nSPS) is 12.7. The Morgan fingerprint density at radius 3 is 2.30 bits per heavy atom. The van der Waals surface area contributed by atoms with Gasteiger partial charge in [0.15, 0.2) is 0 Å². The Labute approximate surface area is 59.4 Å². The summed E-state index contributed by atoms with van der Waals surface area (Å²) in [7, 11) is 0. The first-order valence-corrected chi connectivity index (χ1v) is 3.31. The van der Waals surface area contributed by atoms with Gasteiger partial charge in [-0.25, -0.2) is 0 Å². The Morgan fingerprint density at radius 1 is 1.50 bits per heavy atom. The Kier molecular flexibility index (Phi) is 3.84. The summed E-state index contributed by atoms with van der Waals surface area (Å²) in [6.45, 7) is 3.10. The van der Waals surface area contributed by atoms with Gasteiger partial charge in [-0.1, -0.05) is 6.92 Å². The fraction of sp³-hybridized carbons (Fsp3) is 0.714. The molecule has 0 aromatic carbocycles. The van der Waals surface area contributed by atoms with Gasteiger partial charge in [0.2, 0.25) is 0 Å². The number of Topliss-reactive ketones (excluding diaryl/α,β-unsaturated/α-hetero) is 1. The molecule has 0 aromatic heterocycles. The number of rotatable bonds is 4. The highest BCUT2D eigenvalue weighted by Gasteiger charge is 2.19. The molecule has 0 aliphatic rings. The van der Waals surface area contributed by atoms with E-state index in [4.69, 9.17) is 0 Å². The van der Waals surface area contributed by atoms with Gasteiger partial charge in [-0.15, -0.1) is 0 Å². The van der Waals surface area contributed by atoms with Crippen molar-refractivity contribution in [1.29, 1.82) is 0 Å². The van der Waals surface area contributed by atoms with Crippen molar-refractivity contribution in [3.05, 3.63) is 0 Å². The second-order valence-electron chi connectivity index (χ2n) is 2.24. The second kappa shape index (κ2) is 4.14. The number of carbonyl (C=O) groups excluding carboxylic acids is 2. The Morgan fingerprint density at radius 2 is 2.00 bits per heavy atom. The highest BCUT2D eigenvalue weighted by atomic mass is 19.1. The molecule has 58 valence electrons.